The van der Waals surface area contributed by atoms with Gasteiger partial charge in [-0.2, -0.15) is 5.10 Å². The van der Waals surface area contributed by atoms with Crippen LogP contribution >= 0.6 is 11.6 Å². The molecule has 0 fully saturated rings. The predicted octanol–water partition coefficient (Wildman–Crippen LogP) is 10.7. The Kier molecular flexibility index (Phi) is 8.49. The maximum atomic E-state index is 5.98. The maximum Gasteiger partial charge on any atom is 0.0591 e. The molecule has 6 aromatic rings. The second kappa shape index (κ2) is 13.1. The molecular formula is C38H31ClN4. The average Bonchev–Trinajstić information content (AvgIpc) is 3.06. The summed E-state index contributed by atoms with van der Waals surface area (Å²) in [7, 11) is 1.91. The molecule has 0 spiro atoms. The molecule has 0 unspecified atom stereocenters. The third-order valence-electron chi connectivity index (χ3n) is 7.15. The number of hydrogen-bond donors (Lipinski definition) is 1. The van der Waals surface area contributed by atoms with Crippen LogP contribution in [0.2, 0.25) is 5.02 Å². The largest absolute Gasteiger partial charge is 0.356 e. The van der Waals surface area contributed by atoms with Crippen LogP contribution in [0.4, 0.5) is 34.1 Å². The number of hydrazone groups is 1. The van der Waals surface area contributed by atoms with Crippen LogP contribution in [-0.2, 0) is 0 Å². The Bertz CT molecular complexity index is 1730. The van der Waals surface area contributed by atoms with Gasteiger partial charge in [-0.1, -0.05) is 84.4 Å². The normalized spacial score (nSPS) is 10.9. The molecule has 0 aliphatic carbocycles. The van der Waals surface area contributed by atoms with Crippen LogP contribution in [0.3, 0.4) is 0 Å². The van der Waals surface area contributed by atoms with Crippen LogP contribution in [0, 0.1) is 0 Å². The van der Waals surface area contributed by atoms with Gasteiger partial charge in [-0.15, -0.1) is 0 Å². The second-order valence-corrected chi connectivity index (χ2v) is 10.6. The Balaban J connectivity index is 1.11. The lowest BCUT2D eigenvalue weighted by molar-refractivity contribution is 1.02. The highest BCUT2D eigenvalue weighted by Crippen LogP contribution is 2.35. The number of nitrogens with one attached hydrogen (secondary N) is 1. The van der Waals surface area contributed by atoms with Crippen molar-refractivity contribution in [1.29, 1.82) is 0 Å². The topological polar surface area (TPSA) is 30.9 Å². The molecule has 43 heavy (non-hydrogen) atoms. The summed E-state index contributed by atoms with van der Waals surface area (Å²) in [5.74, 6) is 0. The van der Waals surface area contributed by atoms with Gasteiger partial charge >= 0.3 is 0 Å². The van der Waals surface area contributed by atoms with Gasteiger partial charge in [0.25, 0.3) is 0 Å². The summed E-state index contributed by atoms with van der Waals surface area (Å²) in [6.45, 7) is 0. The average molecular weight is 579 g/mol. The molecule has 1 N–H and O–H groups in total. The standard InChI is InChI=1S/C38H31ClN4/c1-42(35-26-18-32(39)19-27-35)40-28-29-12-20-33(21-13-29)41-34-22-14-30(15-23-34)31-16-24-38(25-17-31)43(36-8-4-2-5-9-36)37-10-6-3-7-11-37/h2-28,41H,1H3. The summed E-state index contributed by atoms with van der Waals surface area (Å²) >= 11 is 5.98. The summed E-state index contributed by atoms with van der Waals surface area (Å²) in [6, 6.07) is 54.0. The lowest BCUT2D eigenvalue weighted by Crippen LogP contribution is -2.09. The highest BCUT2D eigenvalue weighted by atomic mass is 35.5. The van der Waals surface area contributed by atoms with E-state index in [0.717, 1.165) is 39.7 Å². The number of rotatable bonds is 9. The van der Waals surface area contributed by atoms with Crippen molar-refractivity contribution in [2.75, 3.05) is 22.3 Å². The molecule has 0 atom stereocenters. The van der Waals surface area contributed by atoms with E-state index in [1.165, 1.54) is 11.1 Å². The summed E-state index contributed by atoms with van der Waals surface area (Å²) in [6.07, 6.45) is 1.84. The third kappa shape index (κ3) is 6.95. The minimum Gasteiger partial charge on any atom is -0.356 e. The molecule has 0 radical (unpaired) electrons. The Morgan fingerprint density at radius 1 is 0.512 bits per heavy atom. The number of para-hydroxylation sites is 2. The van der Waals surface area contributed by atoms with Gasteiger partial charge in [-0.3, -0.25) is 5.01 Å². The first-order valence-electron chi connectivity index (χ1n) is 14.1. The molecule has 0 heterocycles. The van der Waals surface area contributed by atoms with E-state index >= 15 is 0 Å². The van der Waals surface area contributed by atoms with Crippen LogP contribution in [0.25, 0.3) is 11.1 Å². The van der Waals surface area contributed by atoms with Gasteiger partial charge in [0, 0.05) is 40.5 Å². The SMILES string of the molecule is CN(N=Cc1ccc(Nc2ccc(-c3ccc(N(c4ccccc4)c4ccccc4)cc3)cc2)cc1)c1ccc(Cl)cc1. The monoisotopic (exact) mass is 578 g/mol. The van der Waals surface area contributed by atoms with Gasteiger partial charge in [-0.05, 0) is 102 Å². The van der Waals surface area contributed by atoms with E-state index in [9.17, 15) is 0 Å². The molecule has 0 saturated heterocycles. The van der Waals surface area contributed by atoms with E-state index in [-0.39, 0.29) is 0 Å². The van der Waals surface area contributed by atoms with Gasteiger partial charge in [0.1, 0.15) is 0 Å². The van der Waals surface area contributed by atoms with Crippen molar-refractivity contribution in [2.24, 2.45) is 5.10 Å². The molecule has 6 rings (SSSR count). The molecule has 0 aromatic heterocycles. The predicted molar refractivity (Wildman–Crippen MR) is 184 cm³/mol. The lowest BCUT2D eigenvalue weighted by Gasteiger charge is -2.25. The lowest BCUT2D eigenvalue weighted by atomic mass is 10.0. The first kappa shape index (κ1) is 27.8. The van der Waals surface area contributed by atoms with Gasteiger partial charge in [0.2, 0.25) is 0 Å². The molecule has 5 heteroatoms. The van der Waals surface area contributed by atoms with Crippen molar-refractivity contribution in [3.8, 4) is 11.1 Å². The van der Waals surface area contributed by atoms with Crippen LogP contribution in [-0.4, -0.2) is 13.3 Å². The van der Waals surface area contributed by atoms with E-state index in [4.69, 9.17) is 11.6 Å². The van der Waals surface area contributed by atoms with Gasteiger partial charge in [0.05, 0.1) is 11.9 Å². The van der Waals surface area contributed by atoms with Crippen LogP contribution in [0.15, 0.2) is 163 Å². The van der Waals surface area contributed by atoms with E-state index < -0.39 is 0 Å². The van der Waals surface area contributed by atoms with Crippen molar-refractivity contribution >= 4 is 51.9 Å². The molecule has 6 aromatic carbocycles. The molecule has 0 bridgehead atoms. The number of hydrogen-bond acceptors (Lipinski definition) is 4. The number of halogens is 1. The number of anilines is 6. The fraction of sp³-hybridized carbons (Fsp3) is 0.0263. The molecule has 0 aliphatic rings. The third-order valence-corrected chi connectivity index (χ3v) is 7.40. The van der Waals surface area contributed by atoms with Crippen molar-refractivity contribution in [3.63, 3.8) is 0 Å². The molecule has 4 nitrogen and oxygen atoms in total. The minimum absolute atomic E-state index is 0.711. The van der Waals surface area contributed by atoms with E-state index in [1.807, 2.05) is 66.8 Å². The van der Waals surface area contributed by atoms with Crippen molar-refractivity contribution in [2.45, 2.75) is 0 Å². The first-order chi connectivity index (χ1) is 21.1. The summed E-state index contributed by atoms with van der Waals surface area (Å²) in [5.41, 5.74) is 9.74. The zero-order chi connectivity index (χ0) is 29.4. The van der Waals surface area contributed by atoms with Crippen molar-refractivity contribution in [1.82, 2.24) is 0 Å². The number of benzene rings is 6. The van der Waals surface area contributed by atoms with E-state index in [0.29, 0.717) is 5.02 Å². The number of nitrogens with zero attached hydrogens (tertiary/aromatic N) is 3. The highest BCUT2D eigenvalue weighted by Gasteiger charge is 2.12. The Morgan fingerprint density at radius 3 is 1.49 bits per heavy atom. The zero-order valence-electron chi connectivity index (χ0n) is 23.8. The second-order valence-electron chi connectivity index (χ2n) is 10.1. The van der Waals surface area contributed by atoms with Gasteiger partial charge in [0.15, 0.2) is 0 Å². The Labute approximate surface area is 258 Å². The quantitative estimate of drug-likeness (QED) is 0.137. The Morgan fingerprint density at radius 2 is 0.953 bits per heavy atom. The van der Waals surface area contributed by atoms with Crippen molar-refractivity contribution < 1.29 is 0 Å². The maximum absolute atomic E-state index is 5.98. The summed E-state index contributed by atoms with van der Waals surface area (Å²) < 4.78 is 0. The summed E-state index contributed by atoms with van der Waals surface area (Å²) in [4.78, 5) is 2.27. The van der Waals surface area contributed by atoms with E-state index in [1.54, 1.807) is 0 Å². The zero-order valence-corrected chi connectivity index (χ0v) is 24.6. The Hall–Kier alpha value is -5.32. The minimum atomic E-state index is 0.711. The molecule has 0 saturated carbocycles. The fourth-order valence-electron chi connectivity index (χ4n) is 4.85. The van der Waals surface area contributed by atoms with E-state index in [2.05, 4.69) is 125 Å². The first-order valence-corrected chi connectivity index (χ1v) is 14.5. The molecule has 0 amide bonds. The molecule has 0 aliphatic heterocycles. The van der Waals surface area contributed by atoms with Crippen LogP contribution in [0.5, 0.6) is 0 Å². The summed E-state index contributed by atoms with van der Waals surface area (Å²) in [5, 5.41) is 10.6. The molecular weight excluding hydrogens is 548 g/mol. The fourth-order valence-corrected chi connectivity index (χ4v) is 4.97. The smallest absolute Gasteiger partial charge is 0.0591 e. The van der Waals surface area contributed by atoms with Crippen LogP contribution in [0.1, 0.15) is 5.56 Å². The van der Waals surface area contributed by atoms with Crippen LogP contribution < -0.4 is 15.2 Å². The van der Waals surface area contributed by atoms with Gasteiger partial charge < -0.3 is 10.2 Å². The van der Waals surface area contributed by atoms with Gasteiger partial charge in [-0.25, -0.2) is 0 Å². The van der Waals surface area contributed by atoms with Crippen molar-refractivity contribution in [3.05, 3.63) is 168 Å². The highest BCUT2D eigenvalue weighted by molar-refractivity contribution is 6.30. The molecule has 210 valence electrons.